The number of hydrogen-bond acceptors (Lipinski definition) is 3. The van der Waals surface area contributed by atoms with E-state index >= 15 is 0 Å². The molecule has 0 atom stereocenters. The van der Waals surface area contributed by atoms with Crippen LogP contribution in [-0.4, -0.2) is 25.7 Å². The summed E-state index contributed by atoms with van der Waals surface area (Å²) in [6.07, 6.45) is 20.8. The Morgan fingerprint density at radius 2 is 1.46 bits per heavy atom. The number of nitrogens with zero attached hydrogens (tertiary/aromatic N) is 1. The average molecular weight is 532 g/mol. The third kappa shape index (κ3) is 14.3. The van der Waals surface area contributed by atoms with Gasteiger partial charge < -0.3 is 14.8 Å². The minimum Gasteiger partial charge on any atom is -0.492 e. The highest BCUT2D eigenvalue weighted by molar-refractivity contribution is 6.32. The molecule has 0 unspecified atom stereocenters. The largest absolute Gasteiger partial charge is 0.492 e. The van der Waals surface area contributed by atoms with Crippen LogP contribution in [-0.2, 0) is 17.8 Å². The lowest BCUT2D eigenvalue weighted by atomic mass is 10.1. The van der Waals surface area contributed by atoms with Crippen LogP contribution < -0.4 is 19.4 Å². The Morgan fingerprint density at radius 1 is 0.838 bits per heavy atom. The number of rotatable bonds is 21. The Labute approximate surface area is 229 Å². The summed E-state index contributed by atoms with van der Waals surface area (Å²) in [5.74, 6) is 1.07. The number of carbonyl (C=O) groups excluding carboxylic acids is 1. The fourth-order valence-electron chi connectivity index (χ4n) is 4.23. The fraction of sp³-hybridized carbons (Fsp3) is 0.613. The van der Waals surface area contributed by atoms with Crippen molar-refractivity contribution in [3.05, 3.63) is 53.3 Å². The Hall–Kier alpha value is -2.27. The van der Waals surface area contributed by atoms with Gasteiger partial charge >= 0.3 is 0 Å². The topological polar surface area (TPSA) is 51.4 Å². The van der Waals surface area contributed by atoms with Crippen molar-refractivity contribution in [3.63, 3.8) is 0 Å². The predicted molar refractivity (Wildman–Crippen MR) is 153 cm³/mol. The molecule has 1 heterocycles. The van der Waals surface area contributed by atoms with Gasteiger partial charge in [-0.05, 0) is 37.5 Å². The molecule has 2 aromatic rings. The Balaban J connectivity index is 1.50. The molecule has 0 spiro atoms. The summed E-state index contributed by atoms with van der Waals surface area (Å²) in [7, 11) is 0. The molecule has 0 aliphatic heterocycles. The normalized spacial score (nSPS) is 10.9. The Bertz CT molecular complexity index is 873. The molecular weight excluding hydrogens is 484 g/mol. The summed E-state index contributed by atoms with van der Waals surface area (Å²) in [6, 6.07) is 9.47. The highest BCUT2D eigenvalue weighted by Crippen LogP contribution is 2.29. The molecule has 5 nitrogen and oxygen atoms in total. The van der Waals surface area contributed by atoms with Gasteiger partial charge in [0.1, 0.15) is 18.0 Å². The Kier molecular flexibility index (Phi) is 16.6. The van der Waals surface area contributed by atoms with E-state index in [4.69, 9.17) is 21.1 Å². The zero-order chi connectivity index (χ0) is 26.6. The van der Waals surface area contributed by atoms with Crippen molar-refractivity contribution in [2.45, 2.75) is 104 Å². The second-order valence-corrected chi connectivity index (χ2v) is 10.2. The molecule has 37 heavy (non-hydrogen) atoms. The van der Waals surface area contributed by atoms with E-state index in [1.165, 1.54) is 76.2 Å². The second kappa shape index (κ2) is 19.8. The lowest BCUT2D eigenvalue weighted by Gasteiger charge is -2.11. The molecule has 1 N–H and O–H groups in total. The van der Waals surface area contributed by atoms with Crippen LogP contribution >= 0.6 is 11.6 Å². The lowest BCUT2D eigenvalue weighted by Crippen LogP contribution is -2.32. The summed E-state index contributed by atoms with van der Waals surface area (Å²) < 4.78 is 13.6. The summed E-state index contributed by atoms with van der Waals surface area (Å²) in [5.41, 5.74) is 1.19. The van der Waals surface area contributed by atoms with Gasteiger partial charge in [-0.2, -0.15) is 0 Å². The average Bonchev–Trinajstić information content (AvgIpc) is 2.91. The van der Waals surface area contributed by atoms with Gasteiger partial charge in [-0.15, -0.1) is 0 Å². The van der Waals surface area contributed by atoms with Gasteiger partial charge in [-0.3, -0.25) is 4.79 Å². The minimum atomic E-state index is -0.150. The van der Waals surface area contributed by atoms with Crippen molar-refractivity contribution in [1.29, 1.82) is 0 Å². The summed E-state index contributed by atoms with van der Waals surface area (Å²) in [6.45, 7) is 6.52. The number of carbonyl (C=O) groups is 1. The van der Waals surface area contributed by atoms with Crippen LogP contribution in [0.2, 0.25) is 5.02 Å². The molecule has 1 aromatic heterocycles. The fourth-order valence-corrected chi connectivity index (χ4v) is 4.45. The maximum absolute atomic E-state index is 12.1. The highest BCUT2D eigenvalue weighted by atomic mass is 35.5. The molecule has 0 fully saturated rings. The van der Waals surface area contributed by atoms with E-state index in [0.717, 1.165) is 19.4 Å². The number of ether oxygens (including phenoxy) is 2. The van der Waals surface area contributed by atoms with Gasteiger partial charge in [0.05, 0.1) is 11.6 Å². The smallest absolute Gasteiger partial charge is 0.257 e. The molecule has 0 aliphatic carbocycles. The molecule has 2 rings (SSSR count). The third-order valence-corrected chi connectivity index (χ3v) is 6.89. The zero-order valence-electron chi connectivity index (χ0n) is 23.1. The minimum absolute atomic E-state index is 0.0417. The predicted octanol–water partition coefficient (Wildman–Crippen LogP) is 7.47. The second-order valence-electron chi connectivity index (χ2n) is 9.76. The zero-order valence-corrected chi connectivity index (χ0v) is 23.9. The molecule has 0 saturated carbocycles. The first kappa shape index (κ1) is 31.0. The van der Waals surface area contributed by atoms with Gasteiger partial charge in [0.25, 0.3) is 5.91 Å². The Morgan fingerprint density at radius 3 is 2.05 bits per heavy atom. The summed E-state index contributed by atoms with van der Waals surface area (Å²) in [4.78, 5) is 12.1. The number of aromatic nitrogens is 1. The number of amides is 1. The van der Waals surface area contributed by atoms with Crippen LogP contribution in [0.5, 0.6) is 11.5 Å². The van der Waals surface area contributed by atoms with Crippen LogP contribution in [0.1, 0.15) is 96.5 Å². The van der Waals surface area contributed by atoms with E-state index in [9.17, 15) is 4.79 Å². The van der Waals surface area contributed by atoms with Crippen molar-refractivity contribution in [2.24, 2.45) is 0 Å². The quantitative estimate of drug-likeness (QED) is 0.134. The molecule has 0 saturated heterocycles. The van der Waals surface area contributed by atoms with Crippen molar-refractivity contribution in [1.82, 2.24) is 5.32 Å². The SMILES string of the molecule is CCCCCCCCCCCCCCOc1ccc(OCC(=O)NCCc2cc[n+](CC)cc2)cc1Cl. The third-order valence-electron chi connectivity index (χ3n) is 6.59. The number of halogens is 1. The van der Waals surface area contributed by atoms with E-state index in [1.807, 2.05) is 6.07 Å². The monoisotopic (exact) mass is 531 g/mol. The lowest BCUT2D eigenvalue weighted by molar-refractivity contribution is -0.693. The number of unbranched alkanes of at least 4 members (excludes halogenated alkanes) is 11. The van der Waals surface area contributed by atoms with E-state index in [-0.39, 0.29) is 12.5 Å². The van der Waals surface area contributed by atoms with E-state index in [1.54, 1.807) is 12.1 Å². The van der Waals surface area contributed by atoms with Crippen LogP contribution in [0.3, 0.4) is 0 Å². The van der Waals surface area contributed by atoms with Gasteiger partial charge in [-0.1, -0.05) is 89.2 Å². The summed E-state index contributed by atoms with van der Waals surface area (Å²) in [5, 5.41) is 3.40. The van der Waals surface area contributed by atoms with E-state index in [0.29, 0.717) is 29.7 Å². The van der Waals surface area contributed by atoms with Gasteiger partial charge in [0.15, 0.2) is 19.0 Å². The van der Waals surface area contributed by atoms with Crippen LogP contribution in [0.4, 0.5) is 0 Å². The number of aryl methyl sites for hydroxylation is 1. The van der Waals surface area contributed by atoms with Gasteiger partial charge in [0, 0.05) is 24.7 Å². The van der Waals surface area contributed by atoms with Crippen molar-refractivity contribution < 1.29 is 18.8 Å². The molecule has 206 valence electrons. The molecule has 0 bridgehead atoms. The molecular formula is C31H48ClN2O3+. The van der Waals surface area contributed by atoms with Gasteiger partial charge in [0.2, 0.25) is 0 Å². The van der Waals surface area contributed by atoms with E-state index < -0.39 is 0 Å². The number of nitrogens with one attached hydrogen (secondary N) is 1. The summed E-state index contributed by atoms with van der Waals surface area (Å²) >= 11 is 6.36. The number of pyridine rings is 1. The van der Waals surface area contributed by atoms with Crippen molar-refractivity contribution >= 4 is 17.5 Å². The maximum atomic E-state index is 12.1. The highest BCUT2D eigenvalue weighted by Gasteiger charge is 2.07. The van der Waals surface area contributed by atoms with Crippen LogP contribution in [0, 0.1) is 0 Å². The van der Waals surface area contributed by atoms with E-state index in [2.05, 4.69) is 48.3 Å². The molecule has 0 radical (unpaired) electrons. The van der Waals surface area contributed by atoms with Crippen LogP contribution in [0.15, 0.2) is 42.7 Å². The van der Waals surface area contributed by atoms with Gasteiger partial charge in [-0.25, -0.2) is 4.57 Å². The first-order valence-corrected chi connectivity index (χ1v) is 14.8. The standard InChI is InChI=1S/C31H47ClN2O3/c1-3-5-6-7-8-9-10-11-12-13-14-15-24-36-30-17-16-28(25-29(30)32)37-26-31(35)33-21-18-27-19-22-34(4-2)23-20-27/h16-17,19-20,22-23,25H,3-15,18,21,24,26H2,1-2H3/p+1. The van der Waals surface area contributed by atoms with Crippen molar-refractivity contribution in [3.8, 4) is 11.5 Å². The molecule has 6 heteroatoms. The first-order chi connectivity index (χ1) is 18.1. The van der Waals surface area contributed by atoms with Crippen molar-refractivity contribution in [2.75, 3.05) is 19.8 Å². The number of hydrogen-bond donors (Lipinski definition) is 1. The number of benzene rings is 1. The first-order valence-electron chi connectivity index (χ1n) is 14.4. The maximum Gasteiger partial charge on any atom is 0.257 e. The molecule has 1 aromatic carbocycles. The molecule has 1 amide bonds. The van der Waals surface area contributed by atoms with Crippen LogP contribution in [0.25, 0.3) is 0 Å². The molecule has 0 aliphatic rings.